The van der Waals surface area contributed by atoms with Gasteiger partial charge in [0, 0.05) is 5.92 Å². The molecule has 2 saturated carbocycles. The van der Waals surface area contributed by atoms with Gasteiger partial charge in [-0.05, 0) is 24.7 Å². The molecule has 3 rings (SSSR count). The van der Waals surface area contributed by atoms with Gasteiger partial charge >= 0.3 is 0 Å². The van der Waals surface area contributed by atoms with Crippen molar-refractivity contribution in [3.05, 3.63) is 11.7 Å². The Morgan fingerprint density at radius 2 is 2.07 bits per heavy atom. The van der Waals surface area contributed by atoms with E-state index in [9.17, 15) is 0 Å². The van der Waals surface area contributed by atoms with E-state index >= 15 is 0 Å². The Bertz CT molecular complexity index is 378. The van der Waals surface area contributed by atoms with Gasteiger partial charge in [-0.1, -0.05) is 19.0 Å². The molecule has 0 bridgehead atoms. The highest BCUT2D eigenvalue weighted by molar-refractivity contribution is 5.18. The summed E-state index contributed by atoms with van der Waals surface area (Å²) >= 11 is 0. The molecule has 1 aromatic rings. The van der Waals surface area contributed by atoms with Crippen LogP contribution in [0, 0.1) is 5.41 Å². The summed E-state index contributed by atoms with van der Waals surface area (Å²) in [6.45, 7) is 4.45. The van der Waals surface area contributed by atoms with E-state index in [0.29, 0.717) is 17.2 Å². The van der Waals surface area contributed by atoms with E-state index in [2.05, 4.69) is 24.0 Å². The van der Waals surface area contributed by atoms with Crippen molar-refractivity contribution in [2.24, 2.45) is 11.1 Å². The summed E-state index contributed by atoms with van der Waals surface area (Å²) in [6, 6.07) is 0. The van der Waals surface area contributed by atoms with Crippen molar-refractivity contribution < 1.29 is 4.52 Å². The van der Waals surface area contributed by atoms with Crippen LogP contribution in [0.4, 0.5) is 0 Å². The molecule has 2 fully saturated rings. The van der Waals surface area contributed by atoms with Gasteiger partial charge < -0.3 is 10.3 Å². The summed E-state index contributed by atoms with van der Waals surface area (Å²) in [5.41, 5.74) is 6.04. The van der Waals surface area contributed by atoms with Crippen LogP contribution in [0.3, 0.4) is 0 Å². The number of hydrogen-bond donors (Lipinski definition) is 1. The molecule has 1 aromatic heterocycles. The third-order valence-electron chi connectivity index (χ3n) is 3.48. The van der Waals surface area contributed by atoms with E-state index in [0.717, 1.165) is 25.1 Å². The molecule has 1 heterocycles. The highest BCUT2D eigenvalue weighted by Gasteiger charge is 2.51. The quantitative estimate of drug-likeness (QED) is 0.773. The Hall–Kier alpha value is -0.900. The number of nitrogens with two attached hydrogens (primary N) is 1. The number of rotatable bonds is 2. The number of aromatic nitrogens is 2. The molecule has 2 N–H and O–H groups in total. The maximum absolute atomic E-state index is 5.97. The van der Waals surface area contributed by atoms with Crippen LogP contribution in [0.5, 0.6) is 0 Å². The van der Waals surface area contributed by atoms with Gasteiger partial charge in [-0.15, -0.1) is 0 Å². The zero-order valence-electron chi connectivity index (χ0n) is 8.58. The lowest BCUT2D eigenvalue weighted by Gasteiger charge is -1.98. The second-order valence-electron chi connectivity index (χ2n) is 5.36. The van der Waals surface area contributed by atoms with Crippen LogP contribution in [-0.2, 0) is 5.54 Å². The fraction of sp³-hybridized carbons (Fsp3) is 0.800. The van der Waals surface area contributed by atoms with Crippen LogP contribution in [0.15, 0.2) is 4.52 Å². The van der Waals surface area contributed by atoms with Crippen LogP contribution in [0.2, 0.25) is 0 Å². The average Bonchev–Trinajstić information content (AvgIpc) is 2.94. The van der Waals surface area contributed by atoms with E-state index in [4.69, 9.17) is 10.3 Å². The third-order valence-corrected chi connectivity index (χ3v) is 3.48. The first kappa shape index (κ1) is 8.41. The highest BCUT2D eigenvalue weighted by atomic mass is 16.5. The second-order valence-corrected chi connectivity index (χ2v) is 5.36. The van der Waals surface area contributed by atoms with Gasteiger partial charge in [0.25, 0.3) is 0 Å². The molecule has 1 atom stereocenters. The molecular formula is C10H15N3O. The maximum Gasteiger partial charge on any atom is 0.246 e. The van der Waals surface area contributed by atoms with Crippen molar-refractivity contribution in [1.82, 2.24) is 10.1 Å². The van der Waals surface area contributed by atoms with Gasteiger partial charge in [0.15, 0.2) is 5.82 Å². The van der Waals surface area contributed by atoms with Gasteiger partial charge in [-0.25, -0.2) is 0 Å². The Morgan fingerprint density at radius 1 is 1.43 bits per heavy atom. The molecule has 0 saturated heterocycles. The molecule has 0 aliphatic heterocycles. The number of nitrogens with zero attached hydrogens (tertiary/aromatic N) is 2. The summed E-state index contributed by atoms with van der Waals surface area (Å²) in [5.74, 6) is 1.96. The van der Waals surface area contributed by atoms with Crippen molar-refractivity contribution in [3.63, 3.8) is 0 Å². The molecule has 0 amide bonds. The first-order valence-electron chi connectivity index (χ1n) is 5.14. The number of hydrogen-bond acceptors (Lipinski definition) is 4. The molecule has 0 spiro atoms. The molecule has 4 heteroatoms. The topological polar surface area (TPSA) is 64.9 Å². The largest absolute Gasteiger partial charge is 0.337 e. The molecule has 4 nitrogen and oxygen atoms in total. The standard InChI is InChI=1S/C10H15N3O/c1-9(2)5-6(9)7-12-8(14-13-7)10(11)3-4-10/h6H,3-5,11H2,1-2H3. The second kappa shape index (κ2) is 2.19. The lowest BCUT2D eigenvalue weighted by atomic mass is 10.1. The van der Waals surface area contributed by atoms with Crippen molar-refractivity contribution in [2.45, 2.75) is 44.6 Å². The van der Waals surface area contributed by atoms with Crippen molar-refractivity contribution in [1.29, 1.82) is 0 Å². The van der Waals surface area contributed by atoms with Crippen LogP contribution in [-0.4, -0.2) is 10.1 Å². The normalized spacial score (nSPS) is 31.5. The molecule has 2 aliphatic rings. The monoisotopic (exact) mass is 193 g/mol. The van der Waals surface area contributed by atoms with Crippen LogP contribution in [0.1, 0.15) is 50.7 Å². The first-order valence-corrected chi connectivity index (χ1v) is 5.14. The molecule has 1 unspecified atom stereocenters. The minimum absolute atomic E-state index is 0.287. The smallest absolute Gasteiger partial charge is 0.246 e. The zero-order chi connectivity index (χ0) is 9.97. The van der Waals surface area contributed by atoms with Crippen LogP contribution in [0.25, 0.3) is 0 Å². The van der Waals surface area contributed by atoms with E-state index in [1.807, 2.05) is 0 Å². The predicted octanol–water partition coefficient (Wildman–Crippen LogP) is 1.53. The summed E-state index contributed by atoms with van der Waals surface area (Å²) in [5, 5.41) is 4.01. The summed E-state index contributed by atoms with van der Waals surface area (Å²) < 4.78 is 5.20. The maximum atomic E-state index is 5.97. The van der Waals surface area contributed by atoms with E-state index in [1.165, 1.54) is 0 Å². The minimum Gasteiger partial charge on any atom is -0.337 e. The van der Waals surface area contributed by atoms with Crippen molar-refractivity contribution in [3.8, 4) is 0 Å². The Kier molecular flexibility index (Phi) is 1.31. The first-order chi connectivity index (χ1) is 6.51. The lowest BCUT2D eigenvalue weighted by Crippen LogP contribution is -2.19. The summed E-state index contributed by atoms with van der Waals surface area (Å²) in [6.07, 6.45) is 3.11. The van der Waals surface area contributed by atoms with Gasteiger partial charge in [0.1, 0.15) is 0 Å². The van der Waals surface area contributed by atoms with Crippen LogP contribution >= 0.6 is 0 Å². The molecular weight excluding hydrogens is 178 g/mol. The van der Waals surface area contributed by atoms with E-state index in [1.54, 1.807) is 0 Å². The van der Waals surface area contributed by atoms with E-state index in [-0.39, 0.29) is 5.54 Å². The molecule has 76 valence electrons. The van der Waals surface area contributed by atoms with Gasteiger partial charge in [0.2, 0.25) is 5.89 Å². The molecule has 0 aromatic carbocycles. The average molecular weight is 193 g/mol. The lowest BCUT2D eigenvalue weighted by molar-refractivity contribution is 0.343. The fourth-order valence-electron chi connectivity index (χ4n) is 1.84. The molecule has 2 aliphatic carbocycles. The minimum atomic E-state index is -0.287. The molecule has 14 heavy (non-hydrogen) atoms. The predicted molar refractivity (Wildman–Crippen MR) is 50.5 cm³/mol. The fourth-order valence-corrected chi connectivity index (χ4v) is 1.84. The summed E-state index contributed by atoms with van der Waals surface area (Å²) in [7, 11) is 0. The van der Waals surface area contributed by atoms with Gasteiger partial charge in [0.05, 0.1) is 5.54 Å². The van der Waals surface area contributed by atoms with Crippen molar-refractivity contribution in [2.75, 3.05) is 0 Å². The Labute approximate surface area is 82.9 Å². The molecule has 0 radical (unpaired) electrons. The van der Waals surface area contributed by atoms with Crippen molar-refractivity contribution >= 4 is 0 Å². The van der Waals surface area contributed by atoms with Crippen LogP contribution < -0.4 is 5.73 Å². The van der Waals surface area contributed by atoms with E-state index < -0.39 is 0 Å². The summed E-state index contributed by atoms with van der Waals surface area (Å²) in [4.78, 5) is 4.40. The Morgan fingerprint density at radius 3 is 2.57 bits per heavy atom. The van der Waals surface area contributed by atoms with Gasteiger partial charge in [-0.2, -0.15) is 4.98 Å². The highest BCUT2D eigenvalue weighted by Crippen LogP contribution is 2.58. The van der Waals surface area contributed by atoms with Gasteiger partial charge in [-0.3, -0.25) is 0 Å². The Balaban J connectivity index is 1.85. The third kappa shape index (κ3) is 1.10. The zero-order valence-corrected chi connectivity index (χ0v) is 8.58. The SMILES string of the molecule is CC1(C)CC1c1noc(C2(N)CC2)n1.